The Hall–Kier alpha value is -3.15. The van der Waals surface area contributed by atoms with E-state index in [-0.39, 0.29) is 5.57 Å². The fourth-order valence-electron chi connectivity index (χ4n) is 2.42. The molecule has 23 heavy (non-hydrogen) atoms. The third kappa shape index (κ3) is 2.66. The smallest absolute Gasteiger partial charge is 0.335 e. The molecule has 1 fully saturated rings. The lowest BCUT2D eigenvalue weighted by molar-refractivity contribution is -0.122. The third-order valence-electron chi connectivity index (χ3n) is 3.54. The minimum Gasteiger partial charge on any atom is -0.465 e. The van der Waals surface area contributed by atoms with Crippen LogP contribution in [0.2, 0.25) is 0 Å². The molecule has 116 valence electrons. The van der Waals surface area contributed by atoms with Crippen LogP contribution < -0.4 is 10.2 Å². The molecule has 1 saturated heterocycles. The zero-order valence-electron chi connectivity index (χ0n) is 12.4. The highest BCUT2D eigenvalue weighted by Gasteiger charge is 2.37. The summed E-state index contributed by atoms with van der Waals surface area (Å²) in [5.41, 5.74) is 1.16. The van der Waals surface area contributed by atoms with E-state index in [1.165, 1.54) is 12.3 Å². The number of nitrogens with zero attached hydrogens (tertiary/aromatic N) is 1. The first-order chi connectivity index (χ1) is 11.1. The van der Waals surface area contributed by atoms with Crippen molar-refractivity contribution in [2.45, 2.75) is 13.3 Å². The Bertz CT molecular complexity index is 806. The normalized spacial score (nSPS) is 16.8. The van der Waals surface area contributed by atoms with E-state index in [2.05, 4.69) is 5.32 Å². The monoisotopic (exact) mass is 310 g/mol. The van der Waals surface area contributed by atoms with Gasteiger partial charge in [0.05, 0.1) is 12.0 Å². The molecule has 1 aromatic carbocycles. The van der Waals surface area contributed by atoms with Crippen LogP contribution in [0.25, 0.3) is 6.08 Å². The molecule has 3 rings (SSSR count). The molecule has 1 aliphatic rings. The van der Waals surface area contributed by atoms with E-state index in [1.54, 1.807) is 24.3 Å². The summed E-state index contributed by atoms with van der Waals surface area (Å²) in [5.74, 6) is -1.04. The molecule has 4 amide bonds. The SMILES string of the molecule is CCc1ccccc1N1C(=O)NC(=O)/C(=C/c2ccco2)C1=O. The van der Waals surface area contributed by atoms with Crippen LogP contribution in [-0.4, -0.2) is 17.8 Å². The second-order valence-electron chi connectivity index (χ2n) is 4.96. The number of anilines is 1. The number of benzene rings is 1. The van der Waals surface area contributed by atoms with Gasteiger partial charge in [-0.15, -0.1) is 0 Å². The second kappa shape index (κ2) is 5.92. The number of carbonyl (C=O) groups excluding carboxylic acids is 3. The Morgan fingerprint density at radius 1 is 1.13 bits per heavy atom. The van der Waals surface area contributed by atoms with Crippen molar-refractivity contribution in [2.75, 3.05) is 4.90 Å². The molecule has 2 aromatic rings. The van der Waals surface area contributed by atoms with E-state index in [4.69, 9.17) is 4.42 Å². The van der Waals surface area contributed by atoms with Gasteiger partial charge in [0.15, 0.2) is 0 Å². The third-order valence-corrected chi connectivity index (χ3v) is 3.54. The van der Waals surface area contributed by atoms with E-state index in [0.29, 0.717) is 17.9 Å². The number of amides is 4. The maximum atomic E-state index is 12.7. The fourth-order valence-corrected chi connectivity index (χ4v) is 2.42. The number of barbiturate groups is 1. The molecule has 0 aliphatic carbocycles. The first kappa shape index (κ1) is 14.8. The Balaban J connectivity index is 2.05. The number of hydrogen-bond acceptors (Lipinski definition) is 4. The van der Waals surface area contributed by atoms with Crippen LogP contribution in [-0.2, 0) is 16.0 Å². The van der Waals surface area contributed by atoms with Crippen molar-refractivity contribution in [1.82, 2.24) is 5.32 Å². The number of imide groups is 2. The summed E-state index contributed by atoms with van der Waals surface area (Å²) < 4.78 is 5.13. The van der Waals surface area contributed by atoms with Crippen LogP contribution in [0.1, 0.15) is 18.2 Å². The number of carbonyl (C=O) groups is 3. The van der Waals surface area contributed by atoms with Crippen LogP contribution >= 0.6 is 0 Å². The lowest BCUT2D eigenvalue weighted by Gasteiger charge is -2.27. The summed E-state index contributed by atoms with van der Waals surface area (Å²) in [4.78, 5) is 37.8. The van der Waals surface area contributed by atoms with Crippen molar-refractivity contribution < 1.29 is 18.8 Å². The predicted molar refractivity (Wildman–Crippen MR) is 83.5 cm³/mol. The molecule has 0 bridgehead atoms. The second-order valence-corrected chi connectivity index (χ2v) is 4.96. The minimum absolute atomic E-state index is 0.148. The Morgan fingerprint density at radius 2 is 1.91 bits per heavy atom. The van der Waals surface area contributed by atoms with Gasteiger partial charge in [0.2, 0.25) is 0 Å². The largest absolute Gasteiger partial charge is 0.465 e. The van der Waals surface area contributed by atoms with E-state index in [0.717, 1.165) is 10.5 Å². The molecule has 1 aliphatic heterocycles. The Labute approximate surface area is 132 Å². The predicted octanol–water partition coefficient (Wildman–Crippen LogP) is 2.51. The number of nitrogens with one attached hydrogen (secondary N) is 1. The van der Waals surface area contributed by atoms with Gasteiger partial charge >= 0.3 is 6.03 Å². The highest BCUT2D eigenvalue weighted by molar-refractivity contribution is 6.39. The molecule has 0 spiro atoms. The number of urea groups is 1. The number of rotatable bonds is 3. The van der Waals surface area contributed by atoms with E-state index in [1.807, 2.05) is 19.1 Å². The summed E-state index contributed by atoms with van der Waals surface area (Å²) in [6, 6.07) is 9.60. The quantitative estimate of drug-likeness (QED) is 0.698. The van der Waals surface area contributed by atoms with Crippen LogP contribution in [0.4, 0.5) is 10.5 Å². The zero-order chi connectivity index (χ0) is 16.4. The average molecular weight is 310 g/mol. The van der Waals surface area contributed by atoms with Gasteiger partial charge in [-0.25, -0.2) is 9.69 Å². The van der Waals surface area contributed by atoms with E-state index >= 15 is 0 Å². The highest BCUT2D eigenvalue weighted by atomic mass is 16.3. The molecule has 0 unspecified atom stereocenters. The molecule has 1 N–H and O–H groups in total. The van der Waals surface area contributed by atoms with Crippen LogP contribution in [0, 0.1) is 0 Å². The van der Waals surface area contributed by atoms with E-state index in [9.17, 15) is 14.4 Å². The van der Waals surface area contributed by atoms with Crippen molar-refractivity contribution in [1.29, 1.82) is 0 Å². The molecule has 1 aromatic heterocycles. The molecular weight excluding hydrogens is 296 g/mol. The first-order valence-corrected chi connectivity index (χ1v) is 7.14. The van der Waals surface area contributed by atoms with Gasteiger partial charge in [-0.3, -0.25) is 14.9 Å². The molecule has 6 nitrogen and oxygen atoms in total. The van der Waals surface area contributed by atoms with Crippen molar-refractivity contribution in [3.63, 3.8) is 0 Å². The molecule has 2 heterocycles. The summed E-state index contributed by atoms with van der Waals surface area (Å²) in [7, 11) is 0. The lowest BCUT2D eigenvalue weighted by Crippen LogP contribution is -2.54. The van der Waals surface area contributed by atoms with Gasteiger partial charge in [0.1, 0.15) is 11.3 Å². The minimum atomic E-state index is -0.752. The fraction of sp³-hybridized carbons (Fsp3) is 0.118. The first-order valence-electron chi connectivity index (χ1n) is 7.14. The van der Waals surface area contributed by atoms with Gasteiger partial charge < -0.3 is 4.42 Å². The molecule has 0 saturated carbocycles. The van der Waals surface area contributed by atoms with Crippen molar-refractivity contribution in [3.8, 4) is 0 Å². The summed E-state index contributed by atoms with van der Waals surface area (Å²) in [5, 5.41) is 2.19. The Kier molecular flexibility index (Phi) is 3.80. The Morgan fingerprint density at radius 3 is 2.61 bits per heavy atom. The van der Waals surface area contributed by atoms with Crippen molar-refractivity contribution in [3.05, 3.63) is 59.6 Å². The van der Waals surface area contributed by atoms with E-state index < -0.39 is 17.8 Å². The van der Waals surface area contributed by atoms with Crippen molar-refractivity contribution >= 4 is 29.6 Å². The maximum absolute atomic E-state index is 12.7. The van der Waals surface area contributed by atoms with Gasteiger partial charge in [0, 0.05) is 0 Å². The lowest BCUT2D eigenvalue weighted by atomic mass is 10.1. The molecule has 6 heteroatoms. The van der Waals surface area contributed by atoms with Crippen LogP contribution in [0.5, 0.6) is 0 Å². The average Bonchev–Trinajstić information content (AvgIpc) is 3.05. The number of para-hydroxylation sites is 1. The van der Waals surface area contributed by atoms with Gasteiger partial charge in [0.25, 0.3) is 11.8 Å². The molecule has 0 radical (unpaired) electrons. The van der Waals surface area contributed by atoms with Gasteiger partial charge in [-0.2, -0.15) is 0 Å². The topological polar surface area (TPSA) is 79.6 Å². The highest BCUT2D eigenvalue weighted by Crippen LogP contribution is 2.25. The van der Waals surface area contributed by atoms with Crippen LogP contribution in [0.15, 0.2) is 52.7 Å². The number of hydrogen-bond donors (Lipinski definition) is 1. The maximum Gasteiger partial charge on any atom is 0.335 e. The molecular formula is C17H14N2O4. The van der Waals surface area contributed by atoms with Gasteiger partial charge in [-0.05, 0) is 36.3 Å². The summed E-state index contributed by atoms with van der Waals surface area (Å²) >= 11 is 0. The summed E-state index contributed by atoms with van der Waals surface area (Å²) in [6.07, 6.45) is 3.41. The zero-order valence-corrected chi connectivity index (χ0v) is 12.4. The van der Waals surface area contributed by atoms with Crippen LogP contribution in [0.3, 0.4) is 0 Å². The summed E-state index contributed by atoms with van der Waals surface area (Å²) in [6.45, 7) is 1.93. The number of furan rings is 1. The van der Waals surface area contributed by atoms with Crippen molar-refractivity contribution in [2.24, 2.45) is 0 Å². The van der Waals surface area contributed by atoms with Gasteiger partial charge in [-0.1, -0.05) is 25.1 Å². The number of aryl methyl sites for hydroxylation is 1. The molecule has 0 atom stereocenters. The standard InChI is InChI=1S/C17H14N2O4/c1-2-11-6-3-4-8-14(11)19-16(21)13(15(20)18-17(19)22)10-12-7-5-9-23-12/h3-10H,2H2,1H3,(H,18,20,22)/b13-10-.